The summed E-state index contributed by atoms with van der Waals surface area (Å²) in [6.07, 6.45) is 1.74. The van der Waals surface area contributed by atoms with Crippen LogP contribution in [0.15, 0.2) is 11.0 Å². The third-order valence-corrected chi connectivity index (χ3v) is 5.96. The Morgan fingerprint density at radius 3 is 2.47 bits per heavy atom. The number of thiophene rings is 1. The molecular weight excluding hydrogens is 262 g/mol. The number of hydrogen-bond acceptors (Lipinski definition) is 4. The number of hydrogen-bond donors (Lipinski definition) is 1. The van der Waals surface area contributed by atoms with Crippen LogP contribution in [0, 0.1) is 6.92 Å². The standard InChI is InChI=1S/C10H13NO4S2/c1-7-9(6-8(16-7)10(12)13)17(14,15)11-4-2-3-5-11/h6H,2-5H2,1H3,(H,12,13). The molecule has 0 spiro atoms. The quantitative estimate of drug-likeness (QED) is 0.908. The molecule has 2 heterocycles. The van der Waals surface area contributed by atoms with Crippen LogP contribution in [-0.4, -0.2) is 36.9 Å². The molecule has 1 saturated heterocycles. The van der Waals surface area contributed by atoms with Gasteiger partial charge in [-0.05, 0) is 25.8 Å². The SMILES string of the molecule is Cc1sc(C(=O)O)cc1S(=O)(=O)N1CCCC1. The van der Waals surface area contributed by atoms with Gasteiger partial charge in [0.05, 0.1) is 4.90 Å². The lowest BCUT2D eigenvalue weighted by atomic mass is 10.4. The van der Waals surface area contributed by atoms with Crippen LogP contribution in [0.2, 0.25) is 0 Å². The first-order valence-electron chi connectivity index (χ1n) is 5.27. The lowest BCUT2D eigenvalue weighted by molar-refractivity contribution is 0.0702. The number of carbonyl (C=O) groups is 1. The lowest BCUT2D eigenvalue weighted by Crippen LogP contribution is -2.27. The molecule has 1 aromatic rings. The smallest absolute Gasteiger partial charge is 0.345 e. The first-order chi connectivity index (χ1) is 7.93. The second-order valence-corrected chi connectivity index (χ2v) is 7.11. The monoisotopic (exact) mass is 275 g/mol. The van der Waals surface area contributed by atoms with E-state index in [1.165, 1.54) is 10.4 Å². The molecule has 0 radical (unpaired) electrons. The second kappa shape index (κ2) is 4.40. The number of sulfonamides is 1. The predicted molar refractivity (Wildman–Crippen MR) is 64.0 cm³/mol. The van der Waals surface area contributed by atoms with Crippen molar-refractivity contribution in [3.05, 3.63) is 15.8 Å². The lowest BCUT2D eigenvalue weighted by Gasteiger charge is -2.14. The summed E-state index contributed by atoms with van der Waals surface area (Å²) in [6, 6.07) is 1.26. The number of nitrogens with zero attached hydrogens (tertiary/aromatic N) is 1. The normalized spacial score (nSPS) is 17.5. The van der Waals surface area contributed by atoms with Crippen molar-refractivity contribution in [3.8, 4) is 0 Å². The maximum Gasteiger partial charge on any atom is 0.345 e. The minimum atomic E-state index is -3.50. The minimum Gasteiger partial charge on any atom is -0.477 e. The van der Waals surface area contributed by atoms with Gasteiger partial charge in [-0.2, -0.15) is 4.31 Å². The van der Waals surface area contributed by atoms with E-state index in [4.69, 9.17) is 5.11 Å². The van der Waals surface area contributed by atoms with E-state index >= 15 is 0 Å². The number of rotatable bonds is 3. The summed E-state index contributed by atoms with van der Waals surface area (Å²) in [4.78, 5) is 11.6. The topological polar surface area (TPSA) is 74.7 Å². The van der Waals surface area contributed by atoms with Crippen LogP contribution in [0.1, 0.15) is 27.4 Å². The average molecular weight is 275 g/mol. The first kappa shape index (κ1) is 12.5. The molecule has 1 N–H and O–H groups in total. The highest BCUT2D eigenvalue weighted by molar-refractivity contribution is 7.89. The Balaban J connectivity index is 2.42. The van der Waals surface area contributed by atoms with Gasteiger partial charge in [0, 0.05) is 18.0 Å². The number of aryl methyl sites for hydroxylation is 1. The van der Waals surface area contributed by atoms with Crippen LogP contribution < -0.4 is 0 Å². The van der Waals surface area contributed by atoms with E-state index in [9.17, 15) is 13.2 Å². The molecule has 0 amide bonds. The maximum absolute atomic E-state index is 12.2. The summed E-state index contributed by atoms with van der Waals surface area (Å²) >= 11 is 1.00. The van der Waals surface area contributed by atoms with Crippen molar-refractivity contribution in [2.24, 2.45) is 0 Å². The van der Waals surface area contributed by atoms with Gasteiger partial charge in [0.2, 0.25) is 10.0 Å². The van der Waals surface area contributed by atoms with Crippen LogP contribution in [0.5, 0.6) is 0 Å². The molecule has 1 aromatic heterocycles. The van der Waals surface area contributed by atoms with Crippen molar-refractivity contribution in [3.63, 3.8) is 0 Å². The Labute approximate surface area is 104 Å². The van der Waals surface area contributed by atoms with Crippen LogP contribution in [0.25, 0.3) is 0 Å². The molecule has 2 rings (SSSR count). The van der Waals surface area contributed by atoms with Crippen molar-refractivity contribution < 1.29 is 18.3 Å². The van der Waals surface area contributed by atoms with Crippen molar-refractivity contribution in [2.75, 3.05) is 13.1 Å². The van der Waals surface area contributed by atoms with E-state index in [0.29, 0.717) is 18.0 Å². The summed E-state index contributed by atoms with van der Waals surface area (Å²) in [6.45, 7) is 2.69. The molecule has 17 heavy (non-hydrogen) atoms. The molecule has 0 aromatic carbocycles. The Morgan fingerprint density at radius 1 is 1.41 bits per heavy atom. The van der Waals surface area contributed by atoms with Gasteiger partial charge in [0.25, 0.3) is 0 Å². The Morgan fingerprint density at radius 2 is 2.00 bits per heavy atom. The van der Waals surface area contributed by atoms with E-state index in [2.05, 4.69) is 0 Å². The molecule has 94 valence electrons. The van der Waals surface area contributed by atoms with Gasteiger partial charge in [-0.3, -0.25) is 0 Å². The molecule has 0 saturated carbocycles. The van der Waals surface area contributed by atoms with Gasteiger partial charge in [0.1, 0.15) is 4.88 Å². The number of aromatic carboxylic acids is 1. The molecule has 0 bridgehead atoms. The van der Waals surface area contributed by atoms with Gasteiger partial charge >= 0.3 is 5.97 Å². The highest BCUT2D eigenvalue weighted by atomic mass is 32.2. The van der Waals surface area contributed by atoms with E-state index < -0.39 is 16.0 Å². The molecule has 0 atom stereocenters. The maximum atomic E-state index is 12.2. The van der Waals surface area contributed by atoms with E-state index in [-0.39, 0.29) is 9.77 Å². The summed E-state index contributed by atoms with van der Waals surface area (Å²) < 4.78 is 25.9. The minimum absolute atomic E-state index is 0.0697. The predicted octanol–water partition coefficient (Wildman–Crippen LogP) is 1.54. The molecule has 1 aliphatic rings. The average Bonchev–Trinajstić information content (AvgIpc) is 2.85. The van der Waals surface area contributed by atoms with E-state index in [1.54, 1.807) is 6.92 Å². The number of carboxylic acid groups (broad SMARTS) is 1. The summed E-state index contributed by atoms with van der Waals surface area (Å²) in [5.74, 6) is -1.08. The van der Waals surface area contributed by atoms with Crippen LogP contribution in [0.4, 0.5) is 0 Å². The fourth-order valence-electron chi connectivity index (χ4n) is 1.89. The van der Waals surface area contributed by atoms with Gasteiger partial charge in [-0.25, -0.2) is 13.2 Å². The number of carboxylic acids is 1. The fraction of sp³-hybridized carbons (Fsp3) is 0.500. The molecule has 0 unspecified atom stereocenters. The zero-order valence-electron chi connectivity index (χ0n) is 9.34. The highest BCUT2D eigenvalue weighted by Crippen LogP contribution is 2.29. The van der Waals surface area contributed by atoms with Gasteiger partial charge in [-0.15, -0.1) is 11.3 Å². The summed E-state index contributed by atoms with van der Waals surface area (Å²) in [5, 5.41) is 8.86. The van der Waals surface area contributed by atoms with Crippen molar-refractivity contribution >= 4 is 27.3 Å². The molecule has 0 aliphatic carbocycles. The first-order valence-corrected chi connectivity index (χ1v) is 7.52. The molecule has 1 fully saturated rings. The van der Waals surface area contributed by atoms with E-state index in [1.807, 2.05) is 0 Å². The molecule has 7 heteroatoms. The second-order valence-electron chi connectivity index (χ2n) is 3.95. The van der Waals surface area contributed by atoms with Crippen LogP contribution in [-0.2, 0) is 10.0 Å². The van der Waals surface area contributed by atoms with Crippen LogP contribution >= 0.6 is 11.3 Å². The summed E-state index contributed by atoms with van der Waals surface area (Å²) in [7, 11) is -3.50. The third-order valence-electron chi connectivity index (χ3n) is 2.77. The Kier molecular flexibility index (Phi) is 3.24. The van der Waals surface area contributed by atoms with Gasteiger partial charge in [-0.1, -0.05) is 0 Å². The zero-order chi connectivity index (χ0) is 12.6. The zero-order valence-corrected chi connectivity index (χ0v) is 11.0. The molecular formula is C10H13NO4S2. The summed E-state index contributed by atoms with van der Waals surface area (Å²) in [5.41, 5.74) is 0. The molecule has 5 nitrogen and oxygen atoms in total. The largest absolute Gasteiger partial charge is 0.477 e. The van der Waals surface area contributed by atoms with Gasteiger partial charge < -0.3 is 5.11 Å². The van der Waals surface area contributed by atoms with Crippen LogP contribution in [0.3, 0.4) is 0 Å². The Bertz CT molecular complexity index is 541. The fourth-order valence-corrected chi connectivity index (χ4v) is 4.81. The third kappa shape index (κ3) is 2.22. The van der Waals surface area contributed by atoms with Crippen molar-refractivity contribution in [1.82, 2.24) is 4.31 Å². The highest BCUT2D eigenvalue weighted by Gasteiger charge is 2.30. The molecule has 1 aliphatic heterocycles. The Hall–Kier alpha value is -0.920. The van der Waals surface area contributed by atoms with Gasteiger partial charge in [0.15, 0.2) is 0 Å². The van der Waals surface area contributed by atoms with Crippen molar-refractivity contribution in [2.45, 2.75) is 24.7 Å². The van der Waals surface area contributed by atoms with Crippen molar-refractivity contribution in [1.29, 1.82) is 0 Å². The van der Waals surface area contributed by atoms with E-state index in [0.717, 1.165) is 24.2 Å².